The summed E-state index contributed by atoms with van der Waals surface area (Å²) in [5.74, 6) is 0.209. The summed E-state index contributed by atoms with van der Waals surface area (Å²) < 4.78 is 12.7. The number of hydrogen-bond acceptors (Lipinski definition) is 5. The lowest BCUT2D eigenvalue weighted by molar-refractivity contribution is -0.134. The van der Waals surface area contributed by atoms with Crippen molar-refractivity contribution in [1.82, 2.24) is 14.7 Å². The molecule has 7 nitrogen and oxygen atoms in total. The van der Waals surface area contributed by atoms with E-state index in [0.29, 0.717) is 31.8 Å². The number of fused-ring (bicyclic) bond motifs is 1. The molecule has 0 saturated heterocycles. The van der Waals surface area contributed by atoms with E-state index in [1.165, 1.54) is 0 Å². The van der Waals surface area contributed by atoms with Gasteiger partial charge in [0.05, 0.1) is 18.8 Å². The molecule has 0 bridgehead atoms. The maximum Gasteiger partial charge on any atom is 0.356 e. The van der Waals surface area contributed by atoms with Crippen LogP contribution in [0.5, 0.6) is 5.75 Å². The van der Waals surface area contributed by atoms with Gasteiger partial charge >= 0.3 is 5.97 Å². The first kappa shape index (κ1) is 21.9. The van der Waals surface area contributed by atoms with Crippen LogP contribution in [0.4, 0.5) is 0 Å². The normalized spacial score (nSPS) is 13.7. The zero-order valence-electron chi connectivity index (χ0n) is 18.7. The summed E-state index contributed by atoms with van der Waals surface area (Å²) in [6.45, 7) is 11.3. The first-order valence-corrected chi connectivity index (χ1v) is 10.4. The van der Waals surface area contributed by atoms with Crippen LogP contribution < -0.4 is 4.74 Å². The smallest absolute Gasteiger partial charge is 0.356 e. The van der Waals surface area contributed by atoms with Crippen LogP contribution in [0.25, 0.3) is 0 Å². The van der Waals surface area contributed by atoms with Crippen molar-refractivity contribution in [1.29, 1.82) is 0 Å². The molecule has 0 aliphatic carbocycles. The average molecular weight is 414 g/mol. The molecule has 0 unspecified atom stereocenters. The van der Waals surface area contributed by atoms with Crippen LogP contribution in [0.2, 0.25) is 0 Å². The Balaban J connectivity index is 1.73. The Kier molecular flexibility index (Phi) is 6.19. The molecule has 2 heterocycles. The minimum absolute atomic E-state index is 0.0452. The second-order valence-corrected chi connectivity index (χ2v) is 8.72. The van der Waals surface area contributed by atoms with Crippen molar-refractivity contribution in [3.63, 3.8) is 0 Å². The zero-order valence-corrected chi connectivity index (χ0v) is 18.7. The van der Waals surface area contributed by atoms with Crippen molar-refractivity contribution in [2.45, 2.75) is 53.0 Å². The number of nitrogens with zero attached hydrogens (tertiary/aromatic N) is 3. The second kappa shape index (κ2) is 8.50. The maximum atomic E-state index is 12.9. The maximum absolute atomic E-state index is 12.9. The first-order chi connectivity index (χ1) is 14.1. The minimum atomic E-state index is -0.409. The number of esters is 1. The third-order valence-corrected chi connectivity index (χ3v) is 5.31. The molecule has 7 heteroatoms. The van der Waals surface area contributed by atoms with Gasteiger partial charge in [0, 0.05) is 25.6 Å². The van der Waals surface area contributed by atoms with Gasteiger partial charge in [0.1, 0.15) is 5.75 Å². The van der Waals surface area contributed by atoms with E-state index in [1.807, 2.05) is 19.1 Å². The van der Waals surface area contributed by atoms with Crippen molar-refractivity contribution in [3.05, 3.63) is 46.3 Å². The van der Waals surface area contributed by atoms with Gasteiger partial charge in [-0.3, -0.25) is 9.48 Å². The lowest BCUT2D eigenvalue weighted by atomic mass is 9.85. The van der Waals surface area contributed by atoms with Crippen molar-refractivity contribution in [2.75, 3.05) is 19.8 Å². The summed E-state index contributed by atoms with van der Waals surface area (Å²) in [6, 6.07) is 6.02. The number of carbonyl (C=O) groups excluding carboxylic acids is 2. The Bertz CT molecular complexity index is 956. The summed E-state index contributed by atoms with van der Waals surface area (Å²) in [4.78, 5) is 26.9. The van der Waals surface area contributed by atoms with Gasteiger partial charge in [-0.15, -0.1) is 0 Å². The summed E-state index contributed by atoms with van der Waals surface area (Å²) in [5, 5.41) is 4.44. The zero-order chi connectivity index (χ0) is 22.1. The van der Waals surface area contributed by atoms with Crippen LogP contribution in [-0.4, -0.2) is 46.3 Å². The molecular formula is C23H31N3O4. The van der Waals surface area contributed by atoms with Gasteiger partial charge in [0.25, 0.3) is 5.91 Å². The van der Waals surface area contributed by atoms with Crippen LogP contribution in [0.15, 0.2) is 18.2 Å². The van der Waals surface area contributed by atoms with Crippen LogP contribution in [0.1, 0.15) is 60.6 Å². The van der Waals surface area contributed by atoms with Crippen molar-refractivity contribution in [3.8, 4) is 5.75 Å². The highest BCUT2D eigenvalue weighted by atomic mass is 16.5. The Morgan fingerprint density at radius 3 is 2.63 bits per heavy atom. The van der Waals surface area contributed by atoms with Crippen LogP contribution in [0.3, 0.4) is 0 Å². The molecular weight excluding hydrogens is 382 g/mol. The van der Waals surface area contributed by atoms with Crippen LogP contribution >= 0.6 is 0 Å². The van der Waals surface area contributed by atoms with Crippen LogP contribution in [0, 0.1) is 6.92 Å². The van der Waals surface area contributed by atoms with Gasteiger partial charge in [-0.2, -0.15) is 5.10 Å². The number of amides is 1. The van der Waals surface area contributed by atoms with E-state index in [4.69, 9.17) is 9.47 Å². The predicted molar refractivity (Wildman–Crippen MR) is 114 cm³/mol. The monoisotopic (exact) mass is 413 g/mol. The fourth-order valence-corrected chi connectivity index (χ4v) is 3.76. The predicted octanol–water partition coefficient (Wildman–Crippen LogP) is 3.17. The quantitative estimate of drug-likeness (QED) is 0.704. The minimum Gasteiger partial charge on any atom is -0.483 e. The van der Waals surface area contributed by atoms with E-state index >= 15 is 0 Å². The first-order valence-electron chi connectivity index (χ1n) is 10.4. The van der Waals surface area contributed by atoms with Gasteiger partial charge in [-0.05, 0) is 30.9 Å². The Morgan fingerprint density at radius 2 is 1.97 bits per heavy atom. The molecule has 1 aromatic carbocycles. The molecule has 1 aliphatic heterocycles. The Labute approximate surface area is 178 Å². The van der Waals surface area contributed by atoms with Crippen molar-refractivity contribution < 1.29 is 19.1 Å². The van der Waals surface area contributed by atoms with E-state index in [9.17, 15) is 9.59 Å². The molecule has 0 radical (unpaired) electrons. The van der Waals surface area contributed by atoms with Gasteiger partial charge < -0.3 is 14.4 Å². The van der Waals surface area contributed by atoms with Crippen molar-refractivity contribution in [2.24, 2.45) is 7.05 Å². The Hall–Kier alpha value is -2.83. The van der Waals surface area contributed by atoms with E-state index < -0.39 is 5.97 Å². The molecule has 3 rings (SSSR count). The SMILES string of the molecule is CCOC(=O)c1c2c(nn1C)CCN(C(=O)COc1ccc(C)cc1C(C)(C)C)C2. The Morgan fingerprint density at radius 1 is 1.23 bits per heavy atom. The molecule has 1 amide bonds. The summed E-state index contributed by atoms with van der Waals surface area (Å²) >= 11 is 0. The number of ether oxygens (including phenoxy) is 2. The highest BCUT2D eigenvalue weighted by Crippen LogP contribution is 2.32. The molecule has 30 heavy (non-hydrogen) atoms. The van der Waals surface area contributed by atoms with Gasteiger partial charge in [0.15, 0.2) is 12.3 Å². The summed E-state index contributed by atoms with van der Waals surface area (Å²) in [6.07, 6.45) is 0.603. The van der Waals surface area contributed by atoms with E-state index in [1.54, 1.807) is 23.6 Å². The lowest BCUT2D eigenvalue weighted by Gasteiger charge is -2.28. The number of aromatic nitrogens is 2. The fourth-order valence-electron chi connectivity index (χ4n) is 3.76. The van der Waals surface area contributed by atoms with Gasteiger partial charge in [-0.1, -0.05) is 38.5 Å². The second-order valence-electron chi connectivity index (χ2n) is 8.72. The van der Waals surface area contributed by atoms with Crippen molar-refractivity contribution >= 4 is 11.9 Å². The number of carbonyl (C=O) groups is 2. The largest absolute Gasteiger partial charge is 0.483 e. The standard InChI is InChI=1S/C23H31N3O4/c1-7-29-22(28)21-16-13-26(11-10-18(16)24-25(21)6)20(27)14-30-19-9-8-15(2)12-17(19)23(3,4)5/h8-9,12H,7,10-11,13-14H2,1-6H3. The molecule has 162 valence electrons. The number of rotatable bonds is 5. The third kappa shape index (κ3) is 4.50. The van der Waals surface area contributed by atoms with E-state index in [2.05, 4.69) is 31.9 Å². The number of aryl methyl sites for hydroxylation is 2. The molecule has 0 fully saturated rings. The number of hydrogen-bond donors (Lipinski definition) is 0. The number of benzene rings is 1. The third-order valence-electron chi connectivity index (χ3n) is 5.31. The molecule has 1 aliphatic rings. The van der Waals surface area contributed by atoms with Gasteiger partial charge in [-0.25, -0.2) is 4.79 Å². The van der Waals surface area contributed by atoms with Crippen LogP contribution in [-0.2, 0) is 35.0 Å². The van der Waals surface area contributed by atoms with Gasteiger partial charge in [0.2, 0.25) is 0 Å². The highest BCUT2D eigenvalue weighted by Gasteiger charge is 2.30. The van der Waals surface area contributed by atoms with E-state index in [0.717, 1.165) is 28.1 Å². The summed E-state index contributed by atoms with van der Waals surface area (Å²) in [5.41, 5.74) is 4.17. The highest BCUT2D eigenvalue weighted by molar-refractivity contribution is 5.90. The topological polar surface area (TPSA) is 73.7 Å². The molecule has 2 aromatic rings. The lowest BCUT2D eigenvalue weighted by Crippen LogP contribution is -2.39. The molecule has 0 spiro atoms. The summed E-state index contributed by atoms with van der Waals surface area (Å²) in [7, 11) is 1.73. The molecule has 1 aromatic heterocycles. The average Bonchev–Trinajstić information content (AvgIpc) is 3.01. The molecule has 0 saturated carbocycles. The fraction of sp³-hybridized carbons (Fsp3) is 0.522. The molecule has 0 atom stereocenters. The van der Waals surface area contributed by atoms with E-state index in [-0.39, 0.29) is 17.9 Å². The molecule has 0 N–H and O–H groups in total.